The van der Waals surface area contributed by atoms with Gasteiger partial charge in [-0.1, -0.05) is 6.07 Å². The molecule has 0 saturated carbocycles. The highest BCUT2D eigenvalue weighted by Crippen LogP contribution is 2.29. The molecule has 5 nitrogen and oxygen atoms in total. The second-order valence-corrected chi connectivity index (χ2v) is 6.79. The third kappa shape index (κ3) is 5.48. The number of hydrogen-bond donors (Lipinski definition) is 1. The van der Waals surface area contributed by atoms with Crippen LogP contribution in [0.5, 0.6) is 11.5 Å². The molecule has 1 aromatic carbocycles. The largest absolute Gasteiger partial charge is 0.493 e. The zero-order valence-electron chi connectivity index (χ0n) is 11.5. The number of nitrogens with two attached hydrogens (primary N) is 1. The fourth-order valence-electron chi connectivity index (χ4n) is 1.59. The molecule has 0 aliphatic carbocycles. The van der Waals surface area contributed by atoms with Gasteiger partial charge in [0.05, 0.1) is 19.5 Å². The minimum atomic E-state index is -2.94. The van der Waals surface area contributed by atoms with Crippen LogP contribution in [0.25, 0.3) is 0 Å². The van der Waals surface area contributed by atoms with Crippen LogP contribution in [0.1, 0.15) is 24.9 Å². The lowest BCUT2D eigenvalue weighted by atomic mass is 10.1. The highest BCUT2D eigenvalue weighted by Gasteiger charge is 2.08. The van der Waals surface area contributed by atoms with Gasteiger partial charge in [0.2, 0.25) is 0 Å². The third-order valence-corrected chi connectivity index (χ3v) is 3.66. The second-order valence-electron chi connectivity index (χ2n) is 4.53. The monoisotopic (exact) mass is 287 g/mol. The highest BCUT2D eigenvalue weighted by atomic mass is 32.2. The van der Waals surface area contributed by atoms with Crippen molar-refractivity contribution in [3.8, 4) is 11.5 Å². The summed E-state index contributed by atoms with van der Waals surface area (Å²) < 4.78 is 32.7. The molecule has 108 valence electrons. The van der Waals surface area contributed by atoms with E-state index in [1.54, 1.807) is 13.2 Å². The molecule has 2 N–H and O–H groups in total. The Morgan fingerprint density at radius 1 is 1.32 bits per heavy atom. The van der Waals surface area contributed by atoms with E-state index in [-0.39, 0.29) is 11.8 Å². The molecular formula is C13H21NO4S. The van der Waals surface area contributed by atoms with Crippen molar-refractivity contribution in [2.45, 2.75) is 19.4 Å². The SMILES string of the molecule is COc1cc([C@@H](C)N)ccc1OCCCS(C)(=O)=O. The molecule has 1 atom stereocenters. The quantitative estimate of drug-likeness (QED) is 0.769. The first-order valence-electron chi connectivity index (χ1n) is 6.07. The summed E-state index contributed by atoms with van der Waals surface area (Å²) in [6.45, 7) is 2.22. The average Bonchev–Trinajstić information content (AvgIpc) is 2.33. The molecule has 19 heavy (non-hydrogen) atoms. The Balaban J connectivity index is 2.63. The second kappa shape index (κ2) is 6.77. The molecule has 1 aromatic rings. The summed E-state index contributed by atoms with van der Waals surface area (Å²) in [6, 6.07) is 5.42. The molecule has 0 saturated heterocycles. The van der Waals surface area contributed by atoms with E-state index in [2.05, 4.69) is 0 Å². The van der Waals surface area contributed by atoms with Crippen molar-refractivity contribution >= 4 is 9.84 Å². The fourth-order valence-corrected chi connectivity index (χ4v) is 2.23. The van der Waals surface area contributed by atoms with Crippen molar-refractivity contribution in [2.75, 3.05) is 25.7 Å². The van der Waals surface area contributed by atoms with Gasteiger partial charge >= 0.3 is 0 Å². The Morgan fingerprint density at radius 3 is 2.53 bits per heavy atom. The maximum Gasteiger partial charge on any atom is 0.161 e. The van der Waals surface area contributed by atoms with Gasteiger partial charge in [-0.3, -0.25) is 0 Å². The molecule has 0 spiro atoms. The van der Waals surface area contributed by atoms with E-state index < -0.39 is 9.84 Å². The number of benzene rings is 1. The van der Waals surface area contributed by atoms with Crippen LogP contribution in [-0.4, -0.2) is 34.1 Å². The first-order valence-corrected chi connectivity index (χ1v) is 8.13. The summed E-state index contributed by atoms with van der Waals surface area (Å²) >= 11 is 0. The smallest absolute Gasteiger partial charge is 0.161 e. The molecule has 1 rings (SSSR count). The van der Waals surface area contributed by atoms with E-state index in [1.165, 1.54) is 6.26 Å². The van der Waals surface area contributed by atoms with Crippen LogP contribution < -0.4 is 15.2 Å². The van der Waals surface area contributed by atoms with E-state index in [0.29, 0.717) is 24.5 Å². The van der Waals surface area contributed by atoms with Gasteiger partial charge in [-0.05, 0) is 31.0 Å². The zero-order valence-corrected chi connectivity index (χ0v) is 12.4. The van der Waals surface area contributed by atoms with E-state index in [4.69, 9.17) is 15.2 Å². The first-order chi connectivity index (χ1) is 8.83. The number of sulfone groups is 1. The van der Waals surface area contributed by atoms with Crippen molar-refractivity contribution in [3.05, 3.63) is 23.8 Å². The maximum atomic E-state index is 11.0. The summed E-state index contributed by atoms with van der Waals surface area (Å²) in [6.07, 6.45) is 1.67. The van der Waals surface area contributed by atoms with Gasteiger partial charge < -0.3 is 15.2 Å². The lowest BCUT2D eigenvalue weighted by Crippen LogP contribution is -2.09. The predicted molar refractivity (Wildman–Crippen MR) is 75.4 cm³/mol. The number of rotatable bonds is 7. The number of methoxy groups -OCH3 is 1. The summed E-state index contributed by atoms with van der Waals surface area (Å²) in [7, 11) is -1.38. The van der Waals surface area contributed by atoms with Crippen molar-refractivity contribution < 1.29 is 17.9 Å². The van der Waals surface area contributed by atoms with Crippen LogP contribution in [-0.2, 0) is 9.84 Å². The van der Waals surface area contributed by atoms with Crippen LogP contribution >= 0.6 is 0 Å². The molecule has 0 aromatic heterocycles. The predicted octanol–water partition coefficient (Wildman–Crippen LogP) is 1.53. The third-order valence-electron chi connectivity index (χ3n) is 2.63. The zero-order chi connectivity index (χ0) is 14.5. The summed E-state index contributed by atoms with van der Waals surface area (Å²) in [5.41, 5.74) is 6.75. The highest BCUT2D eigenvalue weighted by molar-refractivity contribution is 7.90. The van der Waals surface area contributed by atoms with Crippen molar-refractivity contribution in [1.29, 1.82) is 0 Å². The Hall–Kier alpha value is -1.27. The van der Waals surface area contributed by atoms with Gasteiger partial charge in [-0.25, -0.2) is 8.42 Å². The van der Waals surface area contributed by atoms with Gasteiger partial charge in [0.15, 0.2) is 11.5 Å². The van der Waals surface area contributed by atoms with E-state index in [0.717, 1.165) is 5.56 Å². The van der Waals surface area contributed by atoms with Crippen LogP contribution in [0.3, 0.4) is 0 Å². The Bertz CT molecular complexity index is 511. The Morgan fingerprint density at radius 2 is 2.00 bits per heavy atom. The fraction of sp³-hybridized carbons (Fsp3) is 0.538. The van der Waals surface area contributed by atoms with Crippen LogP contribution in [0.15, 0.2) is 18.2 Å². The molecule has 0 bridgehead atoms. The van der Waals surface area contributed by atoms with Crippen molar-refractivity contribution in [1.82, 2.24) is 0 Å². The molecule has 0 amide bonds. The van der Waals surface area contributed by atoms with Crippen molar-refractivity contribution in [2.24, 2.45) is 5.73 Å². The van der Waals surface area contributed by atoms with Crippen molar-refractivity contribution in [3.63, 3.8) is 0 Å². The van der Waals surface area contributed by atoms with Gasteiger partial charge in [-0.2, -0.15) is 0 Å². The molecule has 0 aliphatic rings. The van der Waals surface area contributed by atoms with E-state index in [9.17, 15) is 8.42 Å². The van der Waals surface area contributed by atoms with E-state index >= 15 is 0 Å². The molecule has 0 unspecified atom stereocenters. The summed E-state index contributed by atoms with van der Waals surface area (Å²) in [5, 5.41) is 0. The van der Waals surface area contributed by atoms with Crippen LogP contribution in [0, 0.1) is 0 Å². The molecule has 6 heteroatoms. The molecule has 0 heterocycles. The van der Waals surface area contributed by atoms with Gasteiger partial charge in [0.1, 0.15) is 9.84 Å². The minimum Gasteiger partial charge on any atom is -0.493 e. The van der Waals surface area contributed by atoms with Crippen LogP contribution in [0.4, 0.5) is 0 Å². The molecule has 0 aliphatic heterocycles. The van der Waals surface area contributed by atoms with Gasteiger partial charge in [0, 0.05) is 12.3 Å². The lowest BCUT2D eigenvalue weighted by molar-refractivity contribution is 0.294. The van der Waals surface area contributed by atoms with Gasteiger partial charge in [-0.15, -0.1) is 0 Å². The molecule has 0 fully saturated rings. The number of hydrogen-bond acceptors (Lipinski definition) is 5. The molecular weight excluding hydrogens is 266 g/mol. The Kier molecular flexibility index (Phi) is 5.62. The average molecular weight is 287 g/mol. The Labute approximate surface area is 114 Å². The summed E-state index contributed by atoms with van der Waals surface area (Å²) in [4.78, 5) is 0. The lowest BCUT2D eigenvalue weighted by Gasteiger charge is -2.13. The standard InChI is InChI=1S/C13H21NO4S/c1-10(14)11-5-6-12(13(9-11)17-2)18-7-4-8-19(3,15)16/h5-6,9-10H,4,7-8,14H2,1-3H3/t10-/m1/s1. The van der Waals surface area contributed by atoms with Crippen LogP contribution in [0.2, 0.25) is 0 Å². The topological polar surface area (TPSA) is 78.6 Å². The normalized spacial score (nSPS) is 13.1. The molecule has 0 radical (unpaired) electrons. The first kappa shape index (κ1) is 15.8. The number of ether oxygens (including phenoxy) is 2. The van der Waals surface area contributed by atoms with E-state index in [1.807, 2.05) is 19.1 Å². The maximum absolute atomic E-state index is 11.0. The van der Waals surface area contributed by atoms with Gasteiger partial charge in [0.25, 0.3) is 0 Å². The minimum absolute atomic E-state index is 0.0758. The summed E-state index contributed by atoms with van der Waals surface area (Å²) in [5.74, 6) is 1.32.